The lowest BCUT2D eigenvalue weighted by Gasteiger charge is -2.24. The molecule has 0 radical (unpaired) electrons. The number of thiophene rings is 1. The van der Waals surface area contributed by atoms with Crippen molar-refractivity contribution in [2.75, 3.05) is 13.7 Å². The van der Waals surface area contributed by atoms with E-state index in [1.165, 1.54) is 27.6 Å². The van der Waals surface area contributed by atoms with Crippen LogP contribution in [0.3, 0.4) is 0 Å². The van der Waals surface area contributed by atoms with E-state index >= 15 is 0 Å². The van der Waals surface area contributed by atoms with Gasteiger partial charge in [0.15, 0.2) is 20.9 Å². The van der Waals surface area contributed by atoms with E-state index in [1.807, 2.05) is 73.7 Å². The van der Waals surface area contributed by atoms with Gasteiger partial charge >= 0.3 is 11.9 Å². The smallest absolute Gasteiger partial charge is 0.344 e. The number of carbonyl (C=O) groups is 2. The molecule has 0 saturated heterocycles. The fourth-order valence-corrected chi connectivity index (χ4v) is 7.72. The number of fused-ring (bicyclic) bond motifs is 4. The zero-order valence-corrected chi connectivity index (χ0v) is 22.0. The molecule has 0 bridgehead atoms. The summed E-state index contributed by atoms with van der Waals surface area (Å²) in [6.07, 6.45) is 1.44. The van der Waals surface area contributed by atoms with Crippen LogP contribution in [0.1, 0.15) is 28.4 Å². The molecule has 0 fully saturated rings. The minimum absolute atomic E-state index is 0.140. The molecule has 6 rings (SSSR count). The summed E-state index contributed by atoms with van der Waals surface area (Å²) in [5, 5.41) is 2.18. The second-order valence-corrected chi connectivity index (χ2v) is 11.8. The number of ether oxygens (including phenoxy) is 3. The third kappa shape index (κ3) is 4.41. The Hall–Kier alpha value is -4.16. The molecular weight excluding hydrogens is 496 g/mol. The average molecular weight is 524 g/mol. The number of rotatable bonds is 6. The molecule has 1 aliphatic rings. The molecule has 1 aromatic heterocycles. The maximum Gasteiger partial charge on any atom is 0.344 e. The lowest BCUT2D eigenvalue weighted by molar-refractivity contribution is -0.159. The maximum absolute atomic E-state index is 12.6. The molecule has 6 heteroatoms. The molecule has 1 unspecified atom stereocenters. The van der Waals surface area contributed by atoms with Crippen LogP contribution in [-0.4, -0.2) is 31.3 Å². The van der Waals surface area contributed by atoms with E-state index < -0.39 is 5.60 Å². The van der Waals surface area contributed by atoms with Crippen LogP contribution in [0, 0.1) is 0 Å². The van der Waals surface area contributed by atoms with Gasteiger partial charge in [-0.15, -0.1) is 0 Å². The molecule has 1 heterocycles. The Kier molecular flexibility index (Phi) is 6.12. The highest BCUT2D eigenvalue weighted by Gasteiger charge is 2.36. The summed E-state index contributed by atoms with van der Waals surface area (Å²) in [6, 6.07) is 30.1. The van der Waals surface area contributed by atoms with Crippen molar-refractivity contribution in [1.29, 1.82) is 0 Å². The quantitative estimate of drug-likeness (QED) is 0.177. The van der Waals surface area contributed by atoms with Crippen LogP contribution < -0.4 is 4.74 Å². The van der Waals surface area contributed by atoms with E-state index in [1.54, 1.807) is 0 Å². The normalized spacial score (nSPS) is 14.3. The predicted molar refractivity (Wildman–Crippen MR) is 150 cm³/mol. The fourth-order valence-electron chi connectivity index (χ4n) is 5.36. The van der Waals surface area contributed by atoms with Crippen LogP contribution >= 0.6 is 10.5 Å². The Morgan fingerprint density at radius 1 is 0.816 bits per heavy atom. The van der Waals surface area contributed by atoms with E-state index in [4.69, 9.17) is 14.2 Å². The molecule has 0 spiro atoms. The number of hydrogen-bond acceptors (Lipinski definition) is 5. The number of hydrogen-bond donors (Lipinski definition) is 0. The number of methoxy groups -OCH3 is 1. The minimum atomic E-state index is -0.536. The molecule has 1 aliphatic carbocycles. The van der Waals surface area contributed by atoms with E-state index in [2.05, 4.69) is 24.3 Å². The van der Waals surface area contributed by atoms with Crippen molar-refractivity contribution in [2.24, 2.45) is 0 Å². The molecule has 5 nitrogen and oxygen atoms in total. The Bertz CT molecular complexity index is 1660. The topological polar surface area (TPSA) is 61.8 Å². The van der Waals surface area contributed by atoms with Crippen LogP contribution in [0.15, 0.2) is 91.0 Å². The molecule has 1 atom stereocenters. The van der Waals surface area contributed by atoms with Gasteiger partial charge in [0, 0.05) is 46.2 Å². The van der Waals surface area contributed by atoms with Gasteiger partial charge in [-0.25, -0.2) is 9.59 Å². The average Bonchev–Trinajstić information content (AvgIpc) is 3.45. The van der Waals surface area contributed by atoms with Gasteiger partial charge in [-0.3, -0.25) is 0 Å². The lowest BCUT2D eigenvalue weighted by Crippen LogP contribution is -2.34. The summed E-state index contributed by atoms with van der Waals surface area (Å²) in [4.78, 5) is 25.9. The highest BCUT2D eigenvalue weighted by atomic mass is 32.2. The van der Waals surface area contributed by atoms with Crippen LogP contribution in [0.25, 0.3) is 25.1 Å². The van der Waals surface area contributed by atoms with Gasteiger partial charge in [0.1, 0.15) is 11.4 Å². The summed E-state index contributed by atoms with van der Waals surface area (Å²) in [5.74, 6) is -0.0993. The summed E-state index contributed by atoms with van der Waals surface area (Å²) in [5.41, 5.74) is 2.47. The van der Waals surface area contributed by atoms with E-state index in [9.17, 15) is 9.59 Å². The van der Waals surface area contributed by atoms with Crippen molar-refractivity contribution < 1.29 is 23.8 Å². The largest absolute Gasteiger partial charge is 0.482 e. The number of benzene rings is 4. The Balaban J connectivity index is 1.19. The first-order valence-electron chi connectivity index (χ1n) is 12.5. The van der Waals surface area contributed by atoms with Gasteiger partial charge in [-0.1, -0.05) is 36.4 Å². The summed E-state index contributed by atoms with van der Waals surface area (Å²) in [6.45, 7) is 1.84. The van der Waals surface area contributed by atoms with Crippen molar-refractivity contribution in [2.45, 2.75) is 25.4 Å². The predicted octanol–water partition coefficient (Wildman–Crippen LogP) is 7.00. The van der Waals surface area contributed by atoms with Gasteiger partial charge < -0.3 is 14.2 Å². The van der Waals surface area contributed by atoms with Crippen molar-refractivity contribution in [3.8, 4) is 10.6 Å². The second kappa shape index (κ2) is 9.62. The van der Waals surface area contributed by atoms with E-state index in [0.717, 1.165) is 28.5 Å². The molecule has 190 valence electrons. The maximum atomic E-state index is 12.6. The monoisotopic (exact) mass is 523 g/mol. The number of esters is 2. The van der Waals surface area contributed by atoms with E-state index in [-0.39, 0.29) is 29.0 Å². The third-order valence-electron chi connectivity index (χ3n) is 7.04. The van der Waals surface area contributed by atoms with Gasteiger partial charge in [0.05, 0.1) is 12.7 Å². The summed E-state index contributed by atoms with van der Waals surface area (Å²) in [7, 11) is 1.08. The van der Waals surface area contributed by atoms with Crippen LogP contribution in [-0.2, 0) is 27.1 Å². The summed E-state index contributed by atoms with van der Waals surface area (Å²) < 4.78 is 18.9. The molecule has 0 saturated carbocycles. The lowest BCUT2D eigenvalue weighted by atomic mass is 10.0. The minimum Gasteiger partial charge on any atom is -0.482 e. The molecule has 0 aliphatic heterocycles. The Morgan fingerprint density at radius 2 is 1.47 bits per heavy atom. The van der Waals surface area contributed by atoms with Gasteiger partial charge in [0.25, 0.3) is 0 Å². The standard InChI is InChI=1S/C32H27O5S/c1-32(18-22-7-3-4-8-23(22)19-32)37-30(33)20-36-24-12-14-25(15-13-24)38-28-10-6-5-9-26(28)27-17-21(31(34)35-2)11-16-29(27)38/h3-17H,18-20H2,1-2H3/q+1. The van der Waals surface area contributed by atoms with Crippen LogP contribution in [0.2, 0.25) is 0 Å². The fraction of sp³-hybridized carbons (Fsp3) is 0.188. The third-order valence-corrected chi connectivity index (χ3v) is 9.38. The second-order valence-electron chi connectivity index (χ2n) is 9.81. The highest BCUT2D eigenvalue weighted by Crippen LogP contribution is 2.48. The van der Waals surface area contributed by atoms with Gasteiger partial charge in [-0.05, 0) is 60.5 Å². The molecule has 0 amide bonds. The van der Waals surface area contributed by atoms with Crippen molar-refractivity contribution in [3.63, 3.8) is 0 Å². The first kappa shape index (κ1) is 24.2. The number of carbonyl (C=O) groups excluding carboxylic acids is 2. The molecule has 38 heavy (non-hydrogen) atoms. The highest BCUT2D eigenvalue weighted by molar-refractivity contribution is 7.50. The first-order valence-corrected chi connectivity index (χ1v) is 13.7. The molecule has 5 aromatic rings. The van der Waals surface area contributed by atoms with E-state index in [0.29, 0.717) is 11.3 Å². The van der Waals surface area contributed by atoms with Crippen LogP contribution in [0.5, 0.6) is 5.75 Å². The van der Waals surface area contributed by atoms with Crippen molar-refractivity contribution in [1.82, 2.24) is 0 Å². The van der Waals surface area contributed by atoms with Crippen molar-refractivity contribution >= 4 is 42.6 Å². The van der Waals surface area contributed by atoms with Gasteiger partial charge in [0.2, 0.25) is 0 Å². The molecular formula is C32H27O5S+. The molecule has 0 N–H and O–H groups in total. The first-order chi connectivity index (χ1) is 18.4. The zero-order valence-electron chi connectivity index (χ0n) is 21.2. The SMILES string of the molecule is COC(=O)c1ccc2c(c1)c1ccccc1[s+]2-c1ccc(OCC(=O)OC2(C)Cc3ccccc3C2)cc1. The molecule has 4 aromatic carbocycles. The van der Waals surface area contributed by atoms with Crippen molar-refractivity contribution in [3.05, 3.63) is 108 Å². The van der Waals surface area contributed by atoms with Gasteiger partial charge in [-0.2, -0.15) is 0 Å². The zero-order chi connectivity index (χ0) is 26.3. The Labute approximate surface area is 223 Å². The summed E-state index contributed by atoms with van der Waals surface area (Å²) >= 11 is 0. The Morgan fingerprint density at radius 3 is 2.18 bits per heavy atom. The van der Waals surface area contributed by atoms with Crippen LogP contribution in [0.4, 0.5) is 0 Å².